The molecule has 2 amide bonds. The van der Waals surface area contributed by atoms with Gasteiger partial charge in [-0.3, -0.25) is 14.5 Å². The Morgan fingerprint density at radius 2 is 1.91 bits per heavy atom. The number of carboxylic acids is 1. The maximum atomic E-state index is 12.6. The minimum Gasteiger partial charge on any atom is -0.484 e. The number of esters is 1. The van der Waals surface area contributed by atoms with Gasteiger partial charge in [0, 0.05) is 4.91 Å². The Kier molecular flexibility index (Phi) is 7.29. The number of hydrogen-bond acceptors (Lipinski definition) is 7. The van der Waals surface area contributed by atoms with E-state index in [2.05, 4.69) is 5.32 Å². The van der Waals surface area contributed by atoms with E-state index < -0.39 is 39.0 Å². The molecule has 32 heavy (non-hydrogen) atoms. The molecule has 9 nitrogen and oxygen atoms in total. The summed E-state index contributed by atoms with van der Waals surface area (Å²) in [4.78, 5) is 49.6. The standard InChI is InChI=1S/C19H15Cl3N2O7S/c1-9-11(7-31-18(29)19(20,21)22)32-16-13(15(26)24(16)14(9)17(27)28)23-12(25)8-30-10-5-3-2-4-6-10/h2-7,13,16H,8H2,1H3,(H,23,25)(H,27,28)/b11-7-. The van der Waals surface area contributed by atoms with Crippen molar-refractivity contribution in [2.75, 3.05) is 6.61 Å². The van der Waals surface area contributed by atoms with Crippen molar-refractivity contribution >= 4 is 70.3 Å². The molecule has 170 valence electrons. The maximum Gasteiger partial charge on any atom is 0.363 e. The third-order valence-electron chi connectivity index (χ3n) is 4.39. The lowest BCUT2D eigenvalue weighted by molar-refractivity contribution is -0.150. The zero-order valence-corrected chi connectivity index (χ0v) is 19.3. The van der Waals surface area contributed by atoms with Gasteiger partial charge in [0.1, 0.15) is 29.1 Å². The van der Waals surface area contributed by atoms with Crippen molar-refractivity contribution in [3.05, 3.63) is 52.8 Å². The number of β-lactam (4-membered cyclic amide) rings is 1. The summed E-state index contributed by atoms with van der Waals surface area (Å²) in [5.41, 5.74) is -0.137. The van der Waals surface area contributed by atoms with Crippen LogP contribution in [0.2, 0.25) is 0 Å². The van der Waals surface area contributed by atoms with Crippen LogP contribution in [-0.4, -0.2) is 55.6 Å². The number of rotatable bonds is 6. The first-order valence-electron chi connectivity index (χ1n) is 8.90. The predicted octanol–water partition coefficient (Wildman–Crippen LogP) is 2.58. The Morgan fingerprint density at radius 1 is 1.25 bits per heavy atom. The zero-order chi connectivity index (χ0) is 23.6. The summed E-state index contributed by atoms with van der Waals surface area (Å²) >= 11 is 17.4. The first-order valence-corrected chi connectivity index (χ1v) is 10.9. The molecule has 2 aliphatic heterocycles. The van der Waals surface area contributed by atoms with Gasteiger partial charge in [-0.05, 0) is 24.6 Å². The van der Waals surface area contributed by atoms with Crippen molar-refractivity contribution < 1.29 is 33.8 Å². The van der Waals surface area contributed by atoms with Crippen LogP contribution in [0.3, 0.4) is 0 Å². The lowest BCUT2D eigenvalue weighted by Crippen LogP contribution is -2.70. The molecule has 2 heterocycles. The van der Waals surface area contributed by atoms with Crippen LogP contribution in [0, 0.1) is 0 Å². The number of carbonyl (C=O) groups is 4. The van der Waals surface area contributed by atoms with E-state index in [0.29, 0.717) is 5.75 Å². The smallest absolute Gasteiger partial charge is 0.363 e. The number of alkyl halides is 3. The van der Waals surface area contributed by atoms with Crippen LogP contribution in [0.1, 0.15) is 6.92 Å². The number of carbonyl (C=O) groups excluding carboxylic acids is 3. The van der Waals surface area contributed by atoms with E-state index >= 15 is 0 Å². The van der Waals surface area contributed by atoms with Gasteiger partial charge in [0.25, 0.3) is 15.6 Å². The molecule has 2 aliphatic rings. The molecule has 0 radical (unpaired) electrons. The number of para-hydroxylation sites is 1. The van der Waals surface area contributed by atoms with E-state index in [9.17, 15) is 24.3 Å². The minimum absolute atomic E-state index is 0.168. The molecule has 13 heteroatoms. The van der Waals surface area contributed by atoms with E-state index in [1.807, 2.05) is 0 Å². The van der Waals surface area contributed by atoms with Crippen LogP contribution in [0.25, 0.3) is 0 Å². The molecule has 2 N–H and O–H groups in total. The predicted molar refractivity (Wildman–Crippen MR) is 117 cm³/mol. The first kappa shape index (κ1) is 24.2. The van der Waals surface area contributed by atoms with Crippen molar-refractivity contribution in [2.24, 2.45) is 0 Å². The second-order valence-electron chi connectivity index (χ2n) is 6.53. The molecule has 0 saturated carbocycles. The molecule has 0 aliphatic carbocycles. The highest BCUT2D eigenvalue weighted by Crippen LogP contribution is 2.46. The second-order valence-corrected chi connectivity index (χ2v) is 9.97. The van der Waals surface area contributed by atoms with Gasteiger partial charge < -0.3 is 19.9 Å². The topological polar surface area (TPSA) is 122 Å². The zero-order valence-electron chi connectivity index (χ0n) is 16.2. The van der Waals surface area contributed by atoms with Crippen molar-refractivity contribution in [3.63, 3.8) is 0 Å². The molecule has 0 spiro atoms. The molecule has 2 atom stereocenters. The average Bonchev–Trinajstić information content (AvgIpc) is 2.74. The largest absolute Gasteiger partial charge is 0.484 e. The Hall–Kier alpha value is -2.40. The van der Waals surface area contributed by atoms with Crippen LogP contribution < -0.4 is 10.1 Å². The lowest BCUT2D eigenvalue weighted by Gasteiger charge is -2.49. The summed E-state index contributed by atoms with van der Waals surface area (Å²) in [6.45, 7) is 1.10. The Morgan fingerprint density at radius 3 is 2.50 bits per heavy atom. The summed E-state index contributed by atoms with van der Waals surface area (Å²) in [6.07, 6.45) is 0.949. The number of hydrogen-bond donors (Lipinski definition) is 2. The SMILES string of the molecule is CC1=C(C(=O)O)N2C(=O)C(NC(=O)COc3ccccc3)C2S/C1=C\OC(=O)C(Cl)(Cl)Cl. The molecule has 1 saturated heterocycles. The van der Waals surface area contributed by atoms with Gasteiger partial charge in [0.05, 0.1) is 0 Å². The number of nitrogens with one attached hydrogen (secondary N) is 1. The Balaban J connectivity index is 1.73. The summed E-state index contributed by atoms with van der Waals surface area (Å²) < 4.78 is 7.85. The fraction of sp³-hybridized carbons (Fsp3) is 0.263. The van der Waals surface area contributed by atoms with Gasteiger partial charge in [-0.1, -0.05) is 64.8 Å². The molecular formula is C19H15Cl3N2O7S. The number of fused-ring (bicyclic) bond motifs is 1. The van der Waals surface area contributed by atoms with Gasteiger partial charge in [-0.25, -0.2) is 9.59 Å². The number of nitrogens with zero attached hydrogens (tertiary/aromatic N) is 1. The highest BCUT2D eigenvalue weighted by Gasteiger charge is 2.55. The number of halogens is 3. The van der Waals surface area contributed by atoms with Crippen molar-refractivity contribution in [3.8, 4) is 5.75 Å². The quantitative estimate of drug-likeness (QED) is 0.253. The normalized spacial score (nSPS) is 21.6. The molecular weight excluding hydrogens is 507 g/mol. The van der Waals surface area contributed by atoms with Gasteiger partial charge >= 0.3 is 11.9 Å². The van der Waals surface area contributed by atoms with E-state index in [-0.39, 0.29) is 22.8 Å². The summed E-state index contributed by atoms with van der Waals surface area (Å²) in [5, 5.41) is 11.3. The molecule has 0 bridgehead atoms. The summed E-state index contributed by atoms with van der Waals surface area (Å²) in [5.74, 6) is -3.23. The molecule has 3 rings (SSSR count). The fourth-order valence-corrected chi connectivity index (χ4v) is 4.31. The molecule has 0 aromatic heterocycles. The fourth-order valence-electron chi connectivity index (χ4n) is 2.91. The number of ether oxygens (including phenoxy) is 2. The first-order chi connectivity index (χ1) is 15.0. The third kappa shape index (κ3) is 5.15. The molecule has 1 fully saturated rings. The Labute approximate surface area is 201 Å². The number of thioether (sulfide) groups is 1. The lowest BCUT2D eigenvalue weighted by atomic mass is 10.0. The molecule has 1 aromatic carbocycles. The monoisotopic (exact) mass is 520 g/mol. The van der Waals surface area contributed by atoms with Gasteiger partial charge in [-0.2, -0.15) is 0 Å². The van der Waals surface area contributed by atoms with E-state index in [1.54, 1.807) is 30.3 Å². The average molecular weight is 522 g/mol. The summed E-state index contributed by atoms with van der Waals surface area (Å²) in [7, 11) is 0. The number of amides is 2. The number of allylic oxidation sites excluding steroid dienone is 1. The van der Waals surface area contributed by atoms with Gasteiger partial charge in [0.2, 0.25) is 0 Å². The Bertz CT molecular complexity index is 1020. The van der Waals surface area contributed by atoms with Crippen molar-refractivity contribution in [2.45, 2.75) is 22.1 Å². The highest BCUT2D eigenvalue weighted by molar-refractivity contribution is 8.04. The van der Waals surface area contributed by atoms with Crippen molar-refractivity contribution in [1.29, 1.82) is 0 Å². The number of aliphatic carboxylic acids is 1. The number of benzene rings is 1. The minimum atomic E-state index is -2.32. The van der Waals surface area contributed by atoms with Crippen LogP contribution in [0.15, 0.2) is 52.8 Å². The third-order valence-corrected chi connectivity index (χ3v) is 6.24. The highest BCUT2D eigenvalue weighted by atomic mass is 35.6. The molecule has 1 aromatic rings. The summed E-state index contributed by atoms with van der Waals surface area (Å²) in [6, 6.07) is 7.60. The maximum absolute atomic E-state index is 12.6. The van der Waals surface area contributed by atoms with E-state index in [1.165, 1.54) is 6.92 Å². The van der Waals surface area contributed by atoms with E-state index in [4.69, 9.17) is 44.3 Å². The van der Waals surface area contributed by atoms with E-state index in [0.717, 1.165) is 22.9 Å². The van der Waals surface area contributed by atoms with Gasteiger partial charge in [0.15, 0.2) is 6.61 Å². The second kappa shape index (κ2) is 9.62. The molecule has 2 unspecified atom stereocenters. The van der Waals surface area contributed by atoms with Crippen LogP contribution in [0.5, 0.6) is 5.75 Å². The van der Waals surface area contributed by atoms with Crippen LogP contribution in [-0.2, 0) is 23.9 Å². The van der Waals surface area contributed by atoms with Gasteiger partial charge in [-0.15, -0.1) is 0 Å². The van der Waals surface area contributed by atoms with Crippen LogP contribution >= 0.6 is 46.6 Å². The number of carboxylic acid groups (broad SMARTS) is 1. The van der Waals surface area contributed by atoms with Crippen molar-refractivity contribution in [1.82, 2.24) is 10.2 Å². The van der Waals surface area contributed by atoms with Crippen LogP contribution in [0.4, 0.5) is 0 Å².